The van der Waals surface area contributed by atoms with Gasteiger partial charge in [-0.3, -0.25) is 9.59 Å². The van der Waals surface area contributed by atoms with Crippen molar-refractivity contribution < 1.29 is 9.59 Å². The van der Waals surface area contributed by atoms with Crippen molar-refractivity contribution >= 4 is 28.9 Å². The molecule has 0 saturated carbocycles. The van der Waals surface area contributed by atoms with Crippen molar-refractivity contribution in [1.82, 2.24) is 0 Å². The Hall–Kier alpha value is -2.82. The molecule has 2 aromatic rings. The van der Waals surface area contributed by atoms with E-state index in [1.165, 1.54) is 18.5 Å². The fraction of sp³-hybridized carbons (Fsp3) is 0.333. The third-order valence-electron chi connectivity index (χ3n) is 5.09. The van der Waals surface area contributed by atoms with Crippen LogP contribution in [0, 0.1) is 0 Å². The maximum Gasteiger partial charge on any atom is 0.255 e. The largest absolute Gasteiger partial charge is 0.372 e. The van der Waals surface area contributed by atoms with E-state index in [0.717, 1.165) is 37.4 Å². The average Bonchev–Trinajstić information content (AvgIpc) is 3.34. The first-order chi connectivity index (χ1) is 12.7. The summed E-state index contributed by atoms with van der Waals surface area (Å²) < 4.78 is 0. The van der Waals surface area contributed by atoms with Crippen LogP contribution in [0.3, 0.4) is 0 Å². The lowest BCUT2D eigenvalue weighted by Gasteiger charge is -2.18. The van der Waals surface area contributed by atoms with Crippen LogP contribution in [0.4, 0.5) is 17.1 Å². The van der Waals surface area contributed by atoms with E-state index in [2.05, 4.69) is 22.3 Å². The van der Waals surface area contributed by atoms with Crippen molar-refractivity contribution in [3.05, 3.63) is 54.1 Å². The molecule has 2 amide bonds. The predicted molar refractivity (Wildman–Crippen MR) is 104 cm³/mol. The van der Waals surface area contributed by atoms with Crippen molar-refractivity contribution in [2.45, 2.75) is 25.7 Å². The minimum Gasteiger partial charge on any atom is -0.372 e. The summed E-state index contributed by atoms with van der Waals surface area (Å²) in [4.78, 5) is 28.6. The van der Waals surface area contributed by atoms with E-state index in [0.29, 0.717) is 12.0 Å². The molecule has 2 fully saturated rings. The quantitative estimate of drug-likeness (QED) is 0.916. The van der Waals surface area contributed by atoms with Gasteiger partial charge in [-0.1, -0.05) is 6.07 Å². The topological polar surface area (TPSA) is 52.7 Å². The van der Waals surface area contributed by atoms with Gasteiger partial charge >= 0.3 is 0 Å². The Kier molecular flexibility index (Phi) is 4.61. The van der Waals surface area contributed by atoms with E-state index in [4.69, 9.17) is 0 Å². The van der Waals surface area contributed by atoms with Gasteiger partial charge in [0.25, 0.3) is 5.91 Å². The zero-order chi connectivity index (χ0) is 17.9. The number of hydrogen-bond acceptors (Lipinski definition) is 3. The first-order valence-corrected chi connectivity index (χ1v) is 9.27. The first kappa shape index (κ1) is 16.6. The SMILES string of the molecule is O=C(Nc1ccc(N2CCCC2)cc1)c1cccc(N2CCCC2=O)c1. The molecule has 2 aliphatic heterocycles. The van der Waals surface area contributed by atoms with Crippen LogP contribution in [-0.2, 0) is 4.79 Å². The molecule has 4 rings (SSSR count). The van der Waals surface area contributed by atoms with Gasteiger partial charge in [-0.15, -0.1) is 0 Å². The normalized spacial score (nSPS) is 17.0. The van der Waals surface area contributed by atoms with Crippen LogP contribution in [0.5, 0.6) is 0 Å². The lowest BCUT2D eigenvalue weighted by molar-refractivity contribution is -0.117. The number of nitrogens with zero attached hydrogens (tertiary/aromatic N) is 2. The molecule has 1 N–H and O–H groups in total. The zero-order valence-electron chi connectivity index (χ0n) is 14.8. The van der Waals surface area contributed by atoms with Crippen LogP contribution >= 0.6 is 0 Å². The summed E-state index contributed by atoms with van der Waals surface area (Å²) in [5, 5.41) is 2.94. The average molecular weight is 349 g/mol. The summed E-state index contributed by atoms with van der Waals surface area (Å²) >= 11 is 0. The summed E-state index contributed by atoms with van der Waals surface area (Å²) in [5.74, 6) is -0.0347. The Morgan fingerprint density at radius 1 is 0.885 bits per heavy atom. The van der Waals surface area contributed by atoms with Gasteiger partial charge in [-0.25, -0.2) is 0 Å². The number of anilines is 3. The van der Waals surface area contributed by atoms with E-state index in [9.17, 15) is 9.59 Å². The highest BCUT2D eigenvalue weighted by molar-refractivity contribution is 6.05. The van der Waals surface area contributed by atoms with Crippen LogP contribution in [0.15, 0.2) is 48.5 Å². The number of rotatable bonds is 4. The molecule has 2 saturated heterocycles. The van der Waals surface area contributed by atoms with Gasteiger partial charge in [0.1, 0.15) is 0 Å². The minimum absolute atomic E-state index is 0.125. The number of nitrogens with one attached hydrogen (secondary N) is 1. The van der Waals surface area contributed by atoms with Crippen molar-refractivity contribution in [2.24, 2.45) is 0 Å². The molecule has 5 heteroatoms. The fourth-order valence-corrected chi connectivity index (χ4v) is 3.67. The minimum atomic E-state index is -0.160. The third-order valence-corrected chi connectivity index (χ3v) is 5.09. The summed E-state index contributed by atoms with van der Waals surface area (Å²) in [5.41, 5.74) is 3.34. The lowest BCUT2D eigenvalue weighted by Crippen LogP contribution is -2.24. The van der Waals surface area contributed by atoms with Crippen molar-refractivity contribution in [2.75, 3.05) is 34.8 Å². The molecule has 0 unspecified atom stereocenters. The van der Waals surface area contributed by atoms with Crippen LogP contribution in [0.1, 0.15) is 36.0 Å². The van der Waals surface area contributed by atoms with Gasteiger partial charge in [0.05, 0.1) is 0 Å². The Morgan fingerprint density at radius 2 is 1.65 bits per heavy atom. The molecule has 0 atom stereocenters. The van der Waals surface area contributed by atoms with E-state index >= 15 is 0 Å². The molecular weight excluding hydrogens is 326 g/mol. The maximum atomic E-state index is 12.6. The van der Waals surface area contributed by atoms with Gasteiger partial charge in [0, 0.05) is 48.7 Å². The number of carbonyl (C=O) groups excluding carboxylic acids is 2. The second kappa shape index (κ2) is 7.20. The monoisotopic (exact) mass is 349 g/mol. The predicted octanol–water partition coefficient (Wildman–Crippen LogP) is 3.67. The number of carbonyl (C=O) groups is 2. The van der Waals surface area contributed by atoms with Crippen LogP contribution in [-0.4, -0.2) is 31.4 Å². The molecule has 2 aliphatic rings. The molecule has 0 bridgehead atoms. The van der Waals surface area contributed by atoms with Gasteiger partial charge in [0.2, 0.25) is 5.91 Å². The molecule has 0 aromatic heterocycles. The van der Waals surface area contributed by atoms with Crippen molar-refractivity contribution in [1.29, 1.82) is 0 Å². The summed E-state index contributed by atoms with van der Waals surface area (Å²) in [7, 11) is 0. The first-order valence-electron chi connectivity index (χ1n) is 9.27. The second-order valence-electron chi connectivity index (χ2n) is 6.89. The molecular formula is C21H23N3O2. The Bertz CT molecular complexity index is 810. The zero-order valence-corrected chi connectivity index (χ0v) is 14.8. The Morgan fingerprint density at radius 3 is 2.35 bits per heavy atom. The van der Waals surface area contributed by atoms with Gasteiger partial charge in [0.15, 0.2) is 0 Å². The number of benzene rings is 2. The third kappa shape index (κ3) is 3.43. The smallest absolute Gasteiger partial charge is 0.255 e. The van der Waals surface area contributed by atoms with E-state index in [-0.39, 0.29) is 11.8 Å². The lowest BCUT2D eigenvalue weighted by atomic mass is 10.1. The van der Waals surface area contributed by atoms with E-state index in [1.807, 2.05) is 24.3 Å². The highest BCUT2D eigenvalue weighted by atomic mass is 16.2. The Labute approximate surface area is 153 Å². The Balaban J connectivity index is 1.45. The molecule has 5 nitrogen and oxygen atoms in total. The molecule has 0 aliphatic carbocycles. The standard InChI is InChI=1S/C21H23N3O2/c25-20-7-4-14-24(20)19-6-3-5-16(15-19)21(26)22-17-8-10-18(11-9-17)23-12-1-2-13-23/h3,5-6,8-11,15H,1-2,4,7,12-14H2,(H,22,26). The van der Waals surface area contributed by atoms with E-state index < -0.39 is 0 Å². The highest BCUT2D eigenvalue weighted by Crippen LogP contribution is 2.24. The van der Waals surface area contributed by atoms with Crippen LogP contribution < -0.4 is 15.1 Å². The highest BCUT2D eigenvalue weighted by Gasteiger charge is 2.22. The molecule has 134 valence electrons. The van der Waals surface area contributed by atoms with E-state index in [1.54, 1.807) is 17.0 Å². The fourth-order valence-electron chi connectivity index (χ4n) is 3.67. The van der Waals surface area contributed by atoms with Crippen LogP contribution in [0.2, 0.25) is 0 Å². The van der Waals surface area contributed by atoms with Crippen LogP contribution in [0.25, 0.3) is 0 Å². The number of amides is 2. The molecule has 26 heavy (non-hydrogen) atoms. The summed E-state index contributed by atoms with van der Waals surface area (Å²) in [6.45, 7) is 2.93. The van der Waals surface area contributed by atoms with Gasteiger partial charge < -0.3 is 15.1 Å². The molecule has 2 heterocycles. The van der Waals surface area contributed by atoms with Crippen molar-refractivity contribution in [3.63, 3.8) is 0 Å². The maximum absolute atomic E-state index is 12.6. The summed E-state index contributed by atoms with van der Waals surface area (Å²) in [6, 6.07) is 15.3. The van der Waals surface area contributed by atoms with Crippen molar-refractivity contribution in [3.8, 4) is 0 Å². The second-order valence-corrected chi connectivity index (χ2v) is 6.89. The molecule has 2 aromatic carbocycles. The number of hydrogen-bond donors (Lipinski definition) is 1. The van der Waals surface area contributed by atoms with Gasteiger partial charge in [-0.05, 0) is 61.7 Å². The summed E-state index contributed by atoms with van der Waals surface area (Å²) in [6.07, 6.45) is 3.95. The molecule has 0 radical (unpaired) electrons. The molecule has 0 spiro atoms. The van der Waals surface area contributed by atoms with Gasteiger partial charge in [-0.2, -0.15) is 0 Å².